The van der Waals surface area contributed by atoms with E-state index in [0.29, 0.717) is 5.69 Å². The molecule has 176 valence electrons. The molecule has 3 aromatic rings. The molecule has 0 aliphatic rings. The van der Waals surface area contributed by atoms with Crippen molar-refractivity contribution >= 4 is 39.2 Å². The third-order valence-electron chi connectivity index (χ3n) is 4.73. The molecule has 1 N–H and O–H groups in total. The highest BCUT2D eigenvalue weighted by molar-refractivity contribution is 7.93. The number of esters is 1. The summed E-state index contributed by atoms with van der Waals surface area (Å²) < 4.78 is 33.7. The fourth-order valence-electron chi connectivity index (χ4n) is 3.06. The third kappa shape index (κ3) is 6.24. The van der Waals surface area contributed by atoms with E-state index in [4.69, 9.17) is 16.3 Å². The standard InChI is InChI=1S/C25H23ClN2O5S/c1-2-15-27-24(29)18-33-25(30)20-13-14-22(26)23(16-20)34(31,32)28(21-11-7-4-8-12-21)17-19-9-5-3-6-10-19/h2-14,16H,1,15,17-18H2,(H,27,29). The quantitative estimate of drug-likeness (QED) is 0.334. The van der Waals surface area contributed by atoms with Crippen molar-refractivity contribution in [3.8, 4) is 0 Å². The van der Waals surface area contributed by atoms with E-state index in [1.54, 1.807) is 30.3 Å². The lowest BCUT2D eigenvalue weighted by Gasteiger charge is -2.25. The number of hydrogen-bond acceptors (Lipinski definition) is 5. The number of amides is 1. The van der Waals surface area contributed by atoms with Gasteiger partial charge in [-0.25, -0.2) is 13.2 Å². The molecule has 3 aromatic carbocycles. The number of anilines is 1. The Balaban J connectivity index is 1.93. The fraction of sp³-hybridized carbons (Fsp3) is 0.120. The summed E-state index contributed by atoms with van der Waals surface area (Å²) in [5.41, 5.74) is 1.16. The zero-order valence-electron chi connectivity index (χ0n) is 18.2. The molecule has 0 saturated carbocycles. The number of halogens is 1. The fourth-order valence-corrected chi connectivity index (χ4v) is 5.01. The van der Waals surface area contributed by atoms with Gasteiger partial charge >= 0.3 is 5.97 Å². The van der Waals surface area contributed by atoms with Crippen molar-refractivity contribution in [3.05, 3.63) is 108 Å². The lowest BCUT2D eigenvalue weighted by molar-refractivity contribution is -0.124. The number of para-hydroxylation sites is 1. The van der Waals surface area contributed by atoms with E-state index >= 15 is 0 Å². The van der Waals surface area contributed by atoms with Crippen LogP contribution in [-0.2, 0) is 26.1 Å². The lowest BCUT2D eigenvalue weighted by Crippen LogP contribution is -2.31. The average molecular weight is 499 g/mol. The Morgan fingerprint density at radius 2 is 1.65 bits per heavy atom. The molecule has 0 saturated heterocycles. The van der Waals surface area contributed by atoms with Crippen LogP contribution in [0.15, 0.2) is 96.4 Å². The molecule has 0 aliphatic carbocycles. The van der Waals surface area contributed by atoms with Crippen molar-refractivity contribution in [2.45, 2.75) is 11.4 Å². The second-order valence-electron chi connectivity index (χ2n) is 7.15. The predicted molar refractivity (Wildman–Crippen MR) is 131 cm³/mol. The molecule has 0 aliphatic heterocycles. The summed E-state index contributed by atoms with van der Waals surface area (Å²) >= 11 is 6.27. The summed E-state index contributed by atoms with van der Waals surface area (Å²) in [4.78, 5) is 23.9. The highest BCUT2D eigenvalue weighted by Crippen LogP contribution is 2.31. The highest BCUT2D eigenvalue weighted by Gasteiger charge is 2.29. The molecule has 0 atom stereocenters. The normalized spacial score (nSPS) is 10.9. The number of carbonyl (C=O) groups is 2. The Morgan fingerprint density at radius 1 is 1.00 bits per heavy atom. The zero-order valence-corrected chi connectivity index (χ0v) is 19.8. The SMILES string of the molecule is C=CCNC(=O)COC(=O)c1ccc(Cl)c(S(=O)(=O)N(Cc2ccccc2)c2ccccc2)c1. The van der Waals surface area contributed by atoms with Gasteiger partial charge in [-0.1, -0.05) is 66.2 Å². The van der Waals surface area contributed by atoms with E-state index in [2.05, 4.69) is 11.9 Å². The Bertz CT molecular complexity index is 1260. The first-order chi connectivity index (χ1) is 16.3. The minimum absolute atomic E-state index is 0.0470. The van der Waals surface area contributed by atoms with Crippen LogP contribution in [-0.4, -0.2) is 33.4 Å². The van der Waals surface area contributed by atoms with Crippen molar-refractivity contribution in [1.29, 1.82) is 0 Å². The maximum Gasteiger partial charge on any atom is 0.338 e. The number of sulfonamides is 1. The van der Waals surface area contributed by atoms with E-state index in [-0.39, 0.29) is 28.6 Å². The average Bonchev–Trinajstić information content (AvgIpc) is 2.85. The molecule has 0 spiro atoms. The molecular weight excluding hydrogens is 476 g/mol. The highest BCUT2D eigenvalue weighted by atomic mass is 35.5. The first-order valence-electron chi connectivity index (χ1n) is 10.3. The first kappa shape index (κ1) is 25.0. The van der Waals surface area contributed by atoms with Crippen molar-refractivity contribution in [3.63, 3.8) is 0 Å². The molecule has 1 amide bonds. The van der Waals surface area contributed by atoms with Crippen molar-refractivity contribution in [2.24, 2.45) is 0 Å². The summed E-state index contributed by atoms with van der Waals surface area (Å²) in [5, 5.41) is 2.44. The second-order valence-corrected chi connectivity index (χ2v) is 9.38. The molecule has 0 unspecified atom stereocenters. The number of benzene rings is 3. The number of ether oxygens (including phenoxy) is 1. The van der Waals surface area contributed by atoms with Crippen molar-refractivity contribution in [1.82, 2.24) is 5.32 Å². The minimum atomic E-state index is -4.18. The lowest BCUT2D eigenvalue weighted by atomic mass is 10.2. The maximum atomic E-state index is 13.7. The number of nitrogens with one attached hydrogen (secondary N) is 1. The smallest absolute Gasteiger partial charge is 0.338 e. The van der Waals surface area contributed by atoms with E-state index in [0.717, 1.165) is 11.6 Å². The van der Waals surface area contributed by atoms with E-state index in [1.165, 1.54) is 22.5 Å². The van der Waals surface area contributed by atoms with Crippen LogP contribution >= 0.6 is 11.6 Å². The number of rotatable bonds is 10. The van der Waals surface area contributed by atoms with Crippen LogP contribution in [0, 0.1) is 0 Å². The minimum Gasteiger partial charge on any atom is -0.452 e. The summed E-state index contributed by atoms with van der Waals surface area (Å²) in [6.45, 7) is 3.26. The molecule has 0 fully saturated rings. The largest absolute Gasteiger partial charge is 0.452 e. The third-order valence-corrected chi connectivity index (χ3v) is 6.98. The second kappa shape index (κ2) is 11.5. The van der Waals surface area contributed by atoms with Gasteiger partial charge in [0.2, 0.25) is 0 Å². The molecule has 0 bridgehead atoms. The van der Waals surface area contributed by atoms with Gasteiger partial charge in [-0.05, 0) is 35.9 Å². The van der Waals surface area contributed by atoms with Crippen LogP contribution in [0.1, 0.15) is 15.9 Å². The molecule has 34 heavy (non-hydrogen) atoms. The van der Waals surface area contributed by atoms with Crippen LogP contribution < -0.4 is 9.62 Å². The van der Waals surface area contributed by atoms with Gasteiger partial charge in [0, 0.05) is 6.54 Å². The van der Waals surface area contributed by atoms with Gasteiger partial charge in [0.15, 0.2) is 6.61 Å². The van der Waals surface area contributed by atoms with Gasteiger partial charge in [0.05, 0.1) is 22.8 Å². The topological polar surface area (TPSA) is 92.8 Å². The van der Waals surface area contributed by atoms with Gasteiger partial charge in [-0.3, -0.25) is 9.10 Å². The van der Waals surface area contributed by atoms with Gasteiger partial charge < -0.3 is 10.1 Å². The number of nitrogens with zero attached hydrogens (tertiary/aromatic N) is 1. The van der Waals surface area contributed by atoms with Gasteiger partial charge in [-0.15, -0.1) is 6.58 Å². The Morgan fingerprint density at radius 3 is 2.29 bits per heavy atom. The summed E-state index contributed by atoms with van der Waals surface area (Å²) in [6, 6.07) is 21.5. The predicted octanol–water partition coefficient (Wildman–Crippen LogP) is 4.19. The molecule has 3 rings (SSSR count). The number of hydrogen-bond donors (Lipinski definition) is 1. The summed E-state index contributed by atoms with van der Waals surface area (Å²) in [6.07, 6.45) is 1.49. The van der Waals surface area contributed by atoms with Crippen LogP contribution in [0.2, 0.25) is 5.02 Å². The Labute approximate surface area is 203 Å². The molecular formula is C25H23ClN2O5S. The van der Waals surface area contributed by atoms with E-state index < -0.39 is 28.5 Å². The van der Waals surface area contributed by atoms with E-state index in [1.807, 2.05) is 30.3 Å². The first-order valence-corrected chi connectivity index (χ1v) is 12.1. The van der Waals surface area contributed by atoms with Crippen LogP contribution in [0.4, 0.5) is 5.69 Å². The van der Waals surface area contributed by atoms with Crippen LogP contribution in [0.25, 0.3) is 0 Å². The Kier molecular flexibility index (Phi) is 8.45. The molecule has 9 heteroatoms. The number of carbonyl (C=O) groups excluding carboxylic acids is 2. The molecule has 0 heterocycles. The van der Waals surface area contributed by atoms with Crippen molar-refractivity contribution in [2.75, 3.05) is 17.5 Å². The van der Waals surface area contributed by atoms with Crippen LogP contribution in [0.5, 0.6) is 0 Å². The maximum absolute atomic E-state index is 13.7. The Hall–Kier alpha value is -3.62. The van der Waals surface area contributed by atoms with Crippen LogP contribution in [0.3, 0.4) is 0 Å². The summed E-state index contributed by atoms with van der Waals surface area (Å²) in [7, 11) is -4.18. The van der Waals surface area contributed by atoms with Crippen molar-refractivity contribution < 1.29 is 22.7 Å². The monoisotopic (exact) mass is 498 g/mol. The molecule has 0 aromatic heterocycles. The molecule has 0 radical (unpaired) electrons. The summed E-state index contributed by atoms with van der Waals surface area (Å²) in [5.74, 6) is -1.36. The molecule has 7 nitrogen and oxygen atoms in total. The van der Waals surface area contributed by atoms with E-state index in [9.17, 15) is 18.0 Å². The zero-order chi connectivity index (χ0) is 24.6. The van der Waals surface area contributed by atoms with Gasteiger partial charge in [0.1, 0.15) is 4.90 Å². The van der Waals surface area contributed by atoms with Gasteiger partial charge in [-0.2, -0.15) is 0 Å². The van der Waals surface area contributed by atoms with Gasteiger partial charge in [0.25, 0.3) is 15.9 Å².